The van der Waals surface area contributed by atoms with Crippen LogP contribution in [0.4, 0.5) is 4.39 Å². The van der Waals surface area contributed by atoms with Gasteiger partial charge >= 0.3 is 0 Å². The molecule has 0 atom stereocenters. The van der Waals surface area contributed by atoms with E-state index in [1.54, 1.807) is 12.1 Å². The fraction of sp³-hybridized carbons (Fsp3) is 0.500. The van der Waals surface area contributed by atoms with Gasteiger partial charge in [-0.1, -0.05) is 38.1 Å². The van der Waals surface area contributed by atoms with Gasteiger partial charge in [-0.25, -0.2) is 4.39 Å². The lowest BCUT2D eigenvalue weighted by Crippen LogP contribution is -2.16. The van der Waals surface area contributed by atoms with Gasteiger partial charge in [-0.2, -0.15) is 0 Å². The molecule has 0 fully saturated rings. The summed E-state index contributed by atoms with van der Waals surface area (Å²) in [5.74, 6) is -0.748. The third-order valence-electron chi connectivity index (χ3n) is 2.72. The van der Waals surface area contributed by atoms with Crippen LogP contribution in [0.5, 0.6) is 0 Å². The lowest BCUT2D eigenvalue weighted by Gasteiger charge is -2.17. The van der Waals surface area contributed by atoms with E-state index in [2.05, 4.69) is 25.9 Å². The van der Waals surface area contributed by atoms with Gasteiger partial charge in [0, 0.05) is 12.2 Å². The predicted molar refractivity (Wildman–Crippen MR) is 72.6 cm³/mol. The van der Waals surface area contributed by atoms with Crippen LogP contribution in [0.3, 0.4) is 0 Å². The maximum atomic E-state index is 14.0. The van der Waals surface area contributed by atoms with Crippen LogP contribution in [0.25, 0.3) is 0 Å². The molecule has 3 N–H and O–H groups in total. The quantitative estimate of drug-likeness (QED) is 0.284. The van der Waals surface area contributed by atoms with Crippen LogP contribution in [0, 0.1) is 11.2 Å². The minimum Gasteiger partial charge on any atom is -0.409 e. The summed E-state index contributed by atoms with van der Waals surface area (Å²) >= 11 is 0. The Balaban J connectivity index is 2.65. The van der Waals surface area contributed by atoms with Crippen molar-refractivity contribution in [3.05, 3.63) is 35.1 Å². The number of hydrogen-bond donors (Lipinski definition) is 2. The van der Waals surface area contributed by atoms with Crippen molar-refractivity contribution in [3.63, 3.8) is 0 Å². The first-order chi connectivity index (χ1) is 8.85. The van der Waals surface area contributed by atoms with Gasteiger partial charge in [0.05, 0.1) is 12.2 Å². The Labute approximate surface area is 113 Å². The highest BCUT2D eigenvalue weighted by atomic mass is 19.1. The summed E-state index contributed by atoms with van der Waals surface area (Å²) in [6.45, 7) is 7.10. The van der Waals surface area contributed by atoms with E-state index in [-0.39, 0.29) is 23.4 Å². The first-order valence-electron chi connectivity index (χ1n) is 6.18. The van der Waals surface area contributed by atoms with Gasteiger partial charge in [0.25, 0.3) is 0 Å². The molecule has 0 aromatic heterocycles. The minimum absolute atomic E-state index is 0.0828. The van der Waals surface area contributed by atoms with Crippen molar-refractivity contribution in [1.82, 2.24) is 0 Å². The standard InChI is InChI=1S/C14H21FN2O2/c1-14(2,3)7-8-19-9-10-5-4-6-11(12(10)15)13(16)17-18/h4-6,18H,7-9H2,1-3H3,(H2,16,17). The molecule has 0 unspecified atom stereocenters. The van der Waals surface area contributed by atoms with E-state index < -0.39 is 5.82 Å². The van der Waals surface area contributed by atoms with Gasteiger partial charge < -0.3 is 15.7 Å². The molecule has 5 heteroatoms. The van der Waals surface area contributed by atoms with E-state index in [9.17, 15) is 4.39 Å². The van der Waals surface area contributed by atoms with Gasteiger partial charge in [-0.05, 0) is 17.9 Å². The SMILES string of the molecule is CC(C)(C)CCOCc1cccc(/C(N)=N/O)c1F. The lowest BCUT2D eigenvalue weighted by atomic mass is 9.93. The monoisotopic (exact) mass is 268 g/mol. The smallest absolute Gasteiger partial charge is 0.173 e. The second kappa shape index (κ2) is 6.52. The predicted octanol–water partition coefficient (Wildman–Crippen LogP) is 2.87. The lowest BCUT2D eigenvalue weighted by molar-refractivity contribution is 0.0943. The molecule has 0 saturated heterocycles. The molecular weight excluding hydrogens is 247 g/mol. The normalized spacial score (nSPS) is 12.7. The Morgan fingerprint density at radius 1 is 1.42 bits per heavy atom. The average Bonchev–Trinajstić information content (AvgIpc) is 2.34. The molecule has 0 saturated carbocycles. The van der Waals surface area contributed by atoms with Crippen molar-refractivity contribution in [2.24, 2.45) is 16.3 Å². The zero-order valence-electron chi connectivity index (χ0n) is 11.6. The number of nitrogens with zero attached hydrogens (tertiary/aromatic N) is 1. The van der Waals surface area contributed by atoms with Crippen molar-refractivity contribution < 1.29 is 14.3 Å². The molecule has 0 radical (unpaired) electrons. The number of nitrogens with two attached hydrogens (primary N) is 1. The third-order valence-corrected chi connectivity index (χ3v) is 2.72. The first-order valence-corrected chi connectivity index (χ1v) is 6.18. The molecule has 0 bridgehead atoms. The maximum Gasteiger partial charge on any atom is 0.173 e. The number of halogens is 1. The Kier molecular flexibility index (Phi) is 5.30. The number of hydrogen-bond acceptors (Lipinski definition) is 3. The Morgan fingerprint density at radius 2 is 2.11 bits per heavy atom. The van der Waals surface area contributed by atoms with Crippen molar-refractivity contribution in [2.45, 2.75) is 33.8 Å². The molecule has 1 aromatic rings. The molecule has 0 aliphatic carbocycles. The molecular formula is C14H21FN2O2. The highest BCUT2D eigenvalue weighted by Crippen LogP contribution is 2.19. The summed E-state index contributed by atoms with van der Waals surface area (Å²) in [4.78, 5) is 0. The minimum atomic E-state index is -0.506. The number of ether oxygens (including phenoxy) is 1. The number of oxime groups is 1. The number of amidine groups is 1. The van der Waals surface area contributed by atoms with Crippen LogP contribution in [-0.4, -0.2) is 17.6 Å². The van der Waals surface area contributed by atoms with Crippen molar-refractivity contribution in [1.29, 1.82) is 0 Å². The summed E-state index contributed by atoms with van der Waals surface area (Å²) in [5.41, 5.74) is 6.07. The molecule has 1 aromatic carbocycles. The summed E-state index contributed by atoms with van der Waals surface area (Å²) < 4.78 is 19.5. The maximum absolute atomic E-state index is 14.0. The van der Waals surface area contributed by atoms with Crippen LogP contribution < -0.4 is 5.73 Å². The van der Waals surface area contributed by atoms with Crippen LogP contribution in [0.1, 0.15) is 38.3 Å². The van der Waals surface area contributed by atoms with Crippen molar-refractivity contribution in [2.75, 3.05) is 6.61 Å². The molecule has 19 heavy (non-hydrogen) atoms. The second-order valence-electron chi connectivity index (χ2n) is 5.63. The van der Waals surface area contributed by atoms with Gasteiger partial charge in [0.15, 0.2) is 5.84 Å². The first kappa shape index (κ1) is 15.4. The fourth-order valence-corrected chi connectivity index (χ4v) is 1.50. The Morgan fingerprint density at radius 3 is 2.68 bits per heavy atom. The number of benzene rings is 1. The van der Waals surface area contributed by atoms with E-state index >= 15 is 0 Å². The van der Waals surface area contributed by atoms with Gasteiger partial charge in [-0.3, -0.25) is 0 Å². The van der Waals surface area contributed by atoms with Crippen LogP contribution in [0.2, 0.25) is 0 Å². The topological polar surface area (TPSA) is 67.8 Å². The van der Waals surface area contributed by atoms with Crippen LogP contribution >= 0.6 is 0 Å². The van der Waals surface area contributed by atoms with E-state index in [0.29, 0.717) is 12.2 Å². The van der Waals surface area contributed by atoms with Crippen molar-refractivity contribution in [3.8, 4) is 0 Å². The highest BCUT2D eigenvalue weighted by Gasteiger charge is 2.13. The highest BCUT2D eigenvalue weighted by molar-refractivity contribution is 5.97. The van der Waals surface area contributed by atoms with Gasteiger partial charge in [-0.15, -0.1) is 0 Å². The third kappa shape index (κ3) is 4.87. The van der Waals surface area contributed by atoms with Crippen LogP contribution in [-0.2, 0) is 11.3 Å². The summed E-state index contributed by atoms with van der Waals surface area (Å²) in [5, 5.41) is 11.4. The second-order valence-corrected chi connectivity index (χ2v) is 5.63. The number of rotatable bonds is 5. The van der Waals surface area contributed by atoms with Gasteiger partial charge in [0.1, 0.15) is 5.82 Å². The molecule has 4 nitrogen and oxygen atoms in total. The molecule has 0 aliphatic rings. The molecule has 0 aliphatic heterocycles. The summed E-state index contributed by atoms with van der Waals surface area (Å²) in [7, 11) is 0. The molecule has 0 heterocycles. The van der Waals surface area contributed by atoms with E-state index in [1.165, 1.54) is 6.07 Å². The Bertz CT molecular complexity index is 453. The van der Waals surface area contributed by atoms with E-state index in [0.717, 1.165) is 6.42 Å². The van der Waals surface area contributed by atoms with E-state index in [4.69, 9.17) is 15.7 Å². The van der Waals surface area contributed by atoms with Crippen LogP contribution in [0.15, 0.2) is 23.4 Å². The van der Waals surface area contributed by atoms with Crippen molar-refractivity contribution >= 4 is 5.84 Å². The fourth-order valence-electron chi connectivity index (χ4n) is 1.50. The molecule has 106 valence electrons. The molecule has 1 rings (SSSR count). The largest absolute Gasteiger partial charge is 0.409 e. The van der Waals surface area contributed by atoms with Gasteiger partial charge in [0.2, 0.25) is 0 Å². The molecule has 0 spiro atoms. The molecule has 0 amide bonds. The zero-order chi connectivity index (χ0) is 14.5. The summed E-state index contributed by atoms with van der Waals surface area (Å²) in [6, 6.07) is 4.74. The average molecular weight is 268 g/mol. The summed E-state index contributed by atoms with van der Waals surface area (Å²) in [6.07, 6.45) is 0.897. The zero-order valence-corrected chi connectivity index (χ0v) is 11.6. The Hall–Kier alpha value is -1.62. The van der Waals surface area contributed by atoms with E-state index in [1.807, 2.05) is 0 Å².